The lowest BCUT2D eigenvalue weighted by Gasteiger charge is -2.09. The van der Waals surface area contributed by atoms with Gasteiger partial charge in [0.15, 0.2) is 0 Å². The van der Waals surface area contributed by atoms with Crippen LogP contribution in [0.4, 0.5) is 0 Å². The Balaban J connectivity index is 1.69. The van der Waals surface area contributed by atoms with Gasteiger partial charge in [-0.05, 0) is 23.3 Å². The molecule has 0 saturated carbocycles. The topological polar surface area (TPSA) is 65.5 Å². The predicted octanol–water partition coefficient (Wildman–Crippen LogP) is 3.58. The molecule has 0 aliphatic carbocycles. The third-order valence-electron chi connectivity index (χ3n) is 3.62. The van der Waals surface area contributed by atoms with E-state index in [-0.39, 0.29) is 11.4 Å². The SMILES string of the molecule is O=C1OCCSCc2cccc(c2)CSCCOC(=O)c2cccc1n2. The highest BCUT2D eigenvalue weighted by Crippen LogP contribution is 2.18. The monoisotopic (exact) mass is 389 g/mol. The minimum absolute atomic E-state index is 0.118. The second-order valence-corrected chi connectivity index (χ2v) is 7.82. The number of carbonyl (C=O) groups excluding carboxylic acids is 2. The molecule has 1 aromatic heterocycles. The molecule has 4 bridgehead atoms. The van der Waals surface area contributed by atoms with Crippen molar-refractivity contribution < 1.29 is 19.1 Å². The van der Waals surface area contributed by atoms with Gasteiger partial charge < -0.3 is 9.47 Å². The molecule has 1 aromatic carbocycles. The normalized spacial score (nSPS) is 16.8. The summed E-state index contributed by atoms with van der Waals surface area (Å²) >= 11 is 3.43. The fourth-order valence-corrected chi connectivity index (χ4v) is 3.91. The smallest absolute Gasteiger partial charge is 0.356 e. The van der Waals surface area contributed by atoms with Crippen molar-refractivity contribution in [3.63, 3.8) is 0 Å². The number of hydrogen-bond donors (Lipinski definition) is 0. The molecule has 3 rings (SSSR count). The molecule has 0 unspecified atom stereocenters. The highest BCUT2D eigenvalue weighted by atomic mass is 32.2. The quantitative estimate of drug-likeness (QED) is 0.638. The van der Waals surface area contributed by atoms with Crippen LogP contribution in [-0.4, -0.2) is 41.6 Å². The Kier molecular flexibility index (Phi) is 6.96. The number of fused-ring (bicyclic) bond motifs is 4. The third kappa shape index (κ3) is 5.51. The standard InChI is InChI=1S/C19H19NO4S2/c21-18-16-5-2-6-17(20-16)19(22)24-8-10-26-13-15-4-1-3-14(11-15)12-25-9-7-23-18/h1-6,11H,7-10,12-13H2. The predicted molar refractivity (Wildman–Crippen MR) is 104 cm³/mol. The molecule has 0 atom stereocenters. The van der Waals surface area contributed by atoms with E-state index in [0.717, 1.165) is 11.5 Å². The van der Waals surface area contributed by atoms with E-state index in [1.165, 1.54) is 23.3 Å². The van der Waals surface area contributed by atoms with E-state index in [2.05, 4.69) is 29.2 Å². The molecule has 1 aliphatic heterocycles. The Bertz CT molecular complexity index is 725. The van der Waals surface area contributed by atoms with Crippen LogP contribution in [0.25, 0.3) is 0 Å². The third-order valence-corrected chi connectivity index (χ3v) is 5.60. The lowest BCUT2D eigenvalue weighted by Crippen LogP contribution is -2.14. The van der Waals surface area contributed by atoms with Crippen molar-refractivity contribution in [3.05, 3.63) is 65.0 Å². The van der Waals surface area contributed by atoms with Crippen LogP contribution in [0.3, 0.4) is 0 Å². The van der Waals surface area contributed by atoms with Crippen molar-refractivity contribution in [2.24, 2.45) is 0 Å². The van der Waals surface area contributed by atoms with Crippen molar-refractivity contribution in [2.75, 3.05) is 24.7 Å². The van der Waals surface area contributed by atoms with Crippen LogP contribution in [0.1, 0.15) is 32.1 Å². The Morgan fingerprint density at radius 1 is 0.769 bits per heavy atom. The first-order valence-electron chi connectivity index (χ1n) is 8.27. The summed E-state index contributed by atoms with van der Waals surface area (Å²) in [6, 6.07) is 13.1. The number of benzene rings is 1. The fraction of sp³-hybridized carbons (Fsp3) is 0.316. The molecule has 5 nitrogen and oxygen atoms in total. The van der Waals surface area contributed by atoms with Gasteiger partial charge in [-0.2, -0.15) is 23.5 Å². The number of pyridine rings is 1. The van der Waals surface area contributed by atoms with Gasteiger partial charge in [-0.3, -0.25) is 0 Å². The zero-order valence-electron chi connectivity index (χ0n) is 14.2. The number of carbonyl (C=O) groups is 2. The number of rotatable bonds is 0. The molecule has 1 aliphatic rings. The minimum Gasteiger partial charge on any atom is -0.460 e. The maximum absolute atomic E-state index is 12.1. The van der Waals surface area contributed by atoms with Gasteiger partial charge in [0.25, 0.3) is 0 Å². The van der Waals surface area contributed by atoms with Crippen LogP contribution in [-0.2, 0) is 21.0 Å². The van der Waals surface area contributed by atoms with Crippen LogP contribution in [0.15, 0.2) is 42.5 Å². The van der Waals surface area contributed by atoms with Gasteiger partial charge in [0, 0.05) is 23.0 Å². The van der Waals surface area contributed by atoms with Crippen LogP contribution < -0.4 is 0 Å². The Morgan fingerprint density at radius 2 is 1.27 bits per heavy atom. The number of thioether (sulfide) groups is 2. The Hall–Kier alpha value is -1.99. The van der Waals surface area contributed by atoms with E-state index < -0.39 is 11.9 Å². The molecular weight excluding hydrogens is 370 g/mol. The van der Waals surface area contributed by atoms with Gasteiger partial charge in [-0.15, -0.1) is 0 Å². The van der Waals surface area contributed by atoms with E-state index in [1.54, 1.807) is 29.6 Å². The molecule has 2 aromatic rings. The van der Waals surface area contributed by atoms with Gasteiger partial charge in [-0.1, -0.05) is 30.3 Å². The zero-order valence-corrected chi connectivity index (χ0v) is 15.8. The number of nitrogens with zero attached hydrogens (tertiary/aromatic N) is 1. The van der Waals surface area contributed by atoms with Crippen molar-refractivity contribution in [1.29, 1.82) is 0 Å². The van der Waals surface area contributed by atoms with Gasteiger partial charge in [-0.25, -0.2) is 14.6 Å². The Morgan fingerprint density at radius 3 is 1.81 bits per heavy atom. The second-order valence-electron chi connectivity index (χ2n) is 5.61. The van der Waals surface area contributed by atoms with E-state index in [9.17, 15) is 9.59 Å². The van der Waals surface area contributed by atoms with E-state index in [4.69, 9.17) is 9.47 Å². The average Bonchev–Trinajstić information content (AvgIpc) is 2.67. The summed E-state index contributed by atoms with van der Waals surface area (Å²) in [6.45, 7) is 0.602. The molecule has 0 spiro atoms. The molecule has 0 N–H and O–H groups in total. The number of hydrogen-bond acceptors (Lipinski definition) is 7. The summed E-state index contributed by atoms with van der Waals surface area (Å²) in [5, 5.41) is 0. The molecular formula is C19H19NO4S2. The number of aromatic nitrogens is 1. The van der Waals surface area contributed by atoms with Gasteiger partial charge in [0.05, 0.1) is 0 Å². The lowest BCUT2D eigenvalue weighted by atomic mass is 10.2. The summed E-state index contributed by atoms with van der Waals surface area (Å²) in [4.78, 5) is 28.2. The van der Waals surface area contributed by atoms with Crippen LogP contribution in [0, 0.1) is 0 Å². The molecule has 0 radical (unpaired) electrons. The minimum atomic E-state index is -0.529. The molecule has 136 valence electrons. The summed E-state index contributed by atoms with van der Waals surface area (Å²) < 4.78 is 10.5. The molecule has 0 saturated heterocycles. The van der Waals surface area contributed by atoms with Crippen LogP contribution in [0.2, 0.25) is 0 Å². The highest BCUT2D eigenvalue weighted by Gasteiger charge is 2.14. The molecule has 2 heterocycles. The summed E-state index contributed by atoms with van der Waals surface area (Å²) in [5.41, 5.74) is 2.74. The molecule has 7 heteroatoms. The van der Waals surface area contributed by atoms with Crippen molar-refractivity contribution in [3.8, 4) is 0 Å². The largest absolute Gasteiger partial charge is 0.460 e. The van der Waals surface area contributed by atoms with Crippen molar-refractivity contribution in [1.82, 2.24) is 4.98 Å². The first-order valence-corrected chi connectivity index (χ1v) is 10.6. The summed E-state index contributed by atoms with van der Waals surface area (Å²) in [5.74, 6) is 2.10. The van der Waals surface area contributed by atoms with E-state index >= 15 is 0 Å². The summed E-state index contributed by atoms with van der Waals surface area (Å²) in [7, 11) is 0. The van der Waals surface area contributed by atoms with E-state index in [1.807, 2.05) is 0 Å². The first kappa shape index (κ1) is 18.8. The van der Waals surface area contributed by atoms with Crippen LogP contribution >= 0.6 is 23.5 Å². The molecule has 0 amide bonds. The lowest BCUT2D eigenvalue weighted by molar-refractivity contribution is 0.0515. The van der Waals surface area contributed by atoms with Crippen molar-refractivity contribution in [2.45, 2.75) is 11.5 Å². The van der Waals surface area contributed by atoms with Crippen LogP contribution in [0.5, 0.6) is 0 Å². The number of ether oxygens (including phenoxy) is 2. The zero-order chi connectivity index (χ0) is 18.2. The van der Waals surface area contributed by atoms with Gasteiger partial charge in [0.1, 0.15) is 24.6 Å². The number of esters is 2. The average molecular weight is 389 g/mol. The Labute approximate surface area is 160 Å². The maximum Gasteiger partial charge on any atom is 0.356 e. The summed E-state index contributed by atoms with van der Waals surface area (Å²) in [6.07, 6.45) is 0. The van der Waals surface area contributed by atoms with Gasteiger partial charge >= 0.3 is 11.9 Å². The fourth-order valence-electron chi connectivity index (χ4n) is 2.39. The maximum atomic E-state index is 12.1. The molecule has 0 fully saturated rings. The molecule has 26 heavy (non-hydrogen) atoms. The number of cyclic esters (lactones) is 2. The second kappa shape index (κ2) is 9.64. The highest BCUT2D eigenvalue weighted by molar-refractivity contribution is 7.98. The first-order chi connectivity index (χ1) is 12.7. The van der Waals surface area contributed by atoms with Gasteiger partial charge in [0.2, 0.25) is 0 Å². The van der Waals surface area contributed by atoms with E-state index in [0.29, 0.717) is 24.7 Å². The van der Waals surface area contributed by atoms with Crippen molar-refractivity contribution >= 4 is 35.5 Å².